The van der Waals surface area contributed by atoms with Crippen LogP contribution in [0.15, 0.2) is 24.3 Å². The van der Waals surface area contributed by atoms with E-state index in [1.807, 2.05) is 0 Å². The van der Waals surface area contributed by atoms with E-state index in [0.29, 0.717) is 19.8 Å². The summed E-state index contributed by atoms with van der Waals surface area (Å²) in [7, 11) is 1.61. The van der Waals surface area contributed by atoms with E-state index >= 15 is 0 Å². The van der Waals surface area contributed by atoms with Gasteiger partial charge in [-0.3, -0.25) is 9.69 Å². The molecule has 0 spiro atoms. The molecule has 2 rings (SSSR count). The molecule has 5 nitrogen and oxygen atoms in total. The van der Waals surface area contributed by atoms with E-state index < -0.39 is 5.60 Å². The van der Waals surface area contributed by atoms with E-state index in [1.54, 1.807) is 32.2 Å². The Morgan fingerprint density at radius 2 is 2.27 bits per heavy atom. The van der Waals surface area contributed by atoms with Crippen LogP contribution in [0.1, 0.15) is 13.3 Å². The lowest BCUT2D eigenvalue weighted by atomic mass is 10.0. The number of likely N-dealkylation sites (N-methyl/N-ethyl adjacent to an activating group) is 1. The van der Waals surface area contributed by atoms with Crippen LogP contribution in [-0.4, -0.2) is 56.3 Å². The summed E-state index contributed by atoms with van der Waals surface area (Å²) in [4.78, 5) is 14.0. The SMILES string of the molecule is CNC(=O)[C@]1(C)CN(CCCOc2ccccc2F)CCO1. The first-order valence-corrected chi connectivity index (χ1v) is 7.51. The number of amides is 1. The van der Waals surface area contributed by atoms with Gasteiger partial charge in [-0.1, -0.05) is 12.1 Å². The Bertz CT molecular complexity index is 512. The molecule has 1 heterocycles. The molecule has 1 aliphatic rings. The number of rotatable bonds is 6. The van der Waals surface area contributed by atoms with Crippen LogP contribution >= 0.6 is 0 Å². The van der Waals surface area contributed by atoms with E-state index in [4.69, 9.17) is 9.47 Å². The largest absolute Gasteiger partial charge is 0.490 e. The number of halogens is 1. The van der Waals surface area contributed by atoms with Gasteiger partial charge in [-0.15, -0.1) is 0 Å². The molecule has 1 amide bonds. The van der Waals surface area contributed by atoms with Crippen molar-refractivity contribution in [1.29, 1.82) is 0 Å². The van der Waals surface area contributed by atoms with E-state index in [0.717, 1.165) is 19.5 Å². The van der Waals surface area contributed by atoms with Gasteiger partial charge >= 0.3 is 0 Å². The fourth-order valence-electron chi connectivity index (χ4n) is 2.58. The molecule has 1 N–H and O–H groups in total. The van der Waals surface area contributed by atoms with E-state index in [1.165, 1.54) is 6.07 Å². The number of morpholine rings is 1. The minimum Gasteiger partial charge on any atom is -0.490 e. The lowest BCUT2D eigenvalue weighted by Gasteiger charge is -2.39. The summed E-state index contributed by atoms with van der Waals surface area (Å²) in [5.41, 5.74) is -0.806. The number of hydrogen-bond donors (Lipinski definition) is 1. The molecule has 0 unspecified atom stereocenters. The number of carbonyl (C=O) groups is 1. The van der Waals surface area contributed by atoms with Crippen molar-refractivity contribution in [2.24, 2.45) is 0 Å². The second-order valence-electron chi connectivity index (χ2n) is 5.57. The number of para-hydroxylation sites is 1. The standard InChI is InChI=1S/C16H23FN2O3/c1-16(15(20)18-2)12-19(9-11-22-16)8-5-10-21-14-7-4-3-6-13(14)17/h3-4,6-7H,5,8-12H2,1-2H3,(H,18,20)/t16-/m0/s1. The maximum absolute atomic E-state index is 13.4. The lowest BCUT2D eigenvalue weighted by molar-refractivity contribution is -0.156. The van der Waals surface area contributed by atoms with Crippen LogP contribution in [0.2, 0.25) is 0 Å². The number of hydrogen-bond acceptors (Lipinski definition) is 4. The van der Waals surface area contributed by atoms with Gasteiger partial charge in [0, 0.05) is 26.7 Å². The third-order valence-electron chi connectivity index (χ3n) is 3.77. The van der Waals surface area contributed by atoms with Gasteiger partial charge in [0.05, 0.1) is 13.2 Å². The molecule has 6 heteroatoms. The average Bonchev–Trinajstić information content (AvgIpc) is 2.52. The molecule has 1 aromatic rings. The first-order valence-electron chi connectivity index (χ1n) is 7.51. The highest BCUT2D eigenvalue weighted by atomic mass is 19.1. The van der Waals surface area contributed by atoms with Gasteiger partial charge in [0.2, 0.25) is 0 Å². The molecule has 0 aliphatic carbocycles. The molecular weight excluding hydrogens is 287 g/mol. The third kappa shape index (κ3) is 4.18. The van der Waals surface area contributed by atoms with Crippen LogP contribution in [0.5, 0.6) is 5.75 Å². The van der Waals surface area contributed by atoms with Crippen molar-refractivity contribution >= 4 is 5.91 Å². The normalized spacial score (nSPS) is 22.3. The van der Waals surface area contributed by atoms with Crippen LogP contribution in [0.4, 0.5) is 4.39 Å². The van der Waals surface area contributed by atoms with Gasteiger partial charge in [0.25, 0.3) is 5.91 Å². The highest BCUT2D eigenvalue weighted by molar-refractivity contribution is 5.84. The zero-order valence-electron chi connectivity index (χ0n) is 13.1. The molecular formula is C16H23FN2O3. The zero-order valence-corrected chi connectivity index (χ0v) is 13.1. The molecule has 122 valence electrons. The van der Waals surface area contributed by atoms with Crippen LogP contribution in [0.3, 0.4) is 0 Å². The number of carbonyl (C=O) groups excluding carboxylic acids is 1. The van der Waals surface area contributed by atoms with Crippen molar-refractivity contribution in [3.05, 3.63) is 30.1 Å². The quantitative estimate of drug-likeness (QED) is 0.808. The molecule has 1 saturated heterocycles. The van der Waals surface area contributed by atoms with Crippen molar-refractivity contribution in [1.82, 2.24) is 10.2 Å². The fourth-order valence-corrected chi connectivity index (χ4v) is 2.58. The average molecular weight is 310 g/mol. The molecule has 1 atom stereocenters. The molecule has 0 radical (unpaired) electrons. The summed E-state index contributed by atoms with van der Waals surface area (Å²) < 4.78 is 24.4. The Morgan fingerprint density at radius 1 is 1.50 bits per heavy atom. The maximum atomic E-state index is 13.4. The van der Waals surface area contributed by atoms with Crippen LogP contribution in [-0.2, 0) is 9.53 Å². The predicted molar refractivity (Wildman–Crippen MR) is 81.4 cm³/mol. The summed E-state index contributed by atoms with van der Waals surface area (Å²) in [5.74, 6) is -0.180. The zero-order chi connectivity index (χ0) is 16.0. The number of ether oxygens (including phenoxy) is 2. The van der Waals surface area contributed by atoms with Gasteiger partial charge in [0.1, 0.15) is 0 Å². The fraction of sp³-hybridized carbons (Fsp3) is 0.562. The van der Waals surface area contributed by atoms with Crippen molar-refractivity contribution in [2.45, 2.75) is 18.9 Å². The molecule has 0 aromatic heterocycles. The molecule has 0 saturated carbocycles. The van der Waals surface area contributed by atoms with Crippen molar-refractivity contribution in [3.8, 4) is 5.75 Å². The van der Waals surface area contributed by atoms with Crippen LogP contribution < -0.4 is 10.1 Å². The molecule has 1 fully saturated rings. The summed E-state index contributed by atoms with van der Waals surface area (Å²) in [6.07, 6.45) is 0.762. The smallest absolute Gasteiger partial charge is 0.253 e. The highest BCUT2D eigenvalue weighted by Crippen LogP contribution is 2.18. The highest BCUT2D eigenvalue weighted by Gasteiger charge is 2.38. The first kappa shape index (κ1) is 16.7. The summed E-state index contributed by atoms with van der Waals surface area (Å²) >= 11 is 0. The predicted octanol–water partition coefficient (Wildman–Crippen LogP) is 1.43. The van der Waals surface area contributed by atoms with E-state index in [9.17, 15) is 9.18 Å². The Kier molecular flexibility index (Phi) is 5.74. The van der Waals surface area contributed by atoms with Crippen LogP contribution in [0, 0.1) is 5.82 Å². The molecule has 22 heavy (non-hydrogen) atoms. The van der Waals surface area contributed by atoms with Crippen molar-refractivity contribution < 1.29 is 18.7 Å². The number of nitrogens with zero attached hydrogens (tertiary/aromatic N) is 1. The van der Waals surface area contributed by atoms with Gasteiger partial charge < -0.3 is 14.8 Å². The van der Waals surface area contributed by atoms with Gasteiger partial charge in [-0.2, -0.15) is 0 Å². The Labute approximate surface area is 130 Å². The second-order valence-corrected chi connectivity index (χ2v) is 5.57. The molecule has 1 aromatic carbocycles. The van der Waals surface area contributed by atoms with Crippen molar-refractivity contribution in [2.75, 3.05) is 39.9 Å². The monoisotopic (exact) mass is 310 g/mol. The minimum atomic E-state index is -0.806. The van der Waals surface area contributed by atoms with Gasteiger partial charge in [-0.25, -0.2) is 4.39 Å². The maximum Gasteiger partial charge on any atom is 0.253 e. The summed E-state index contributed by atoms with van der Waals surface area (Å²) in [6, 6.07) is 6.38. The lowest BCUT2D eigenvalue weighted by Crippen LogP contribution is -2.57. The van der Waals surface area contributed by atoms with Crippen LogP contribution in [0.25, 0.3) is 0 Å². The Morgan fingerprint density at radius 3 is 3.00 bits per heavy atom. The molecule has 1 aliphatic heterocycles. The first-order chi connectivity index (χ1) is 10.5. The van der Waals surface area contributed by atoms with Gasteiger partial charge in [-0.05, 0) is 25.5 Å². The number of nitrogens with one attached hydrogen (secondary N) is 1. The topological polar surface area (TPSA) is 50.8 Å². The second kappa shape index (κ2) is 7.56. The summed E-state index contributed by atoms with van der Waals surface area (Å²) in [5, 5.41) is 2.63. The van der Waals surface area contributed by atoms with Crippen molar-refractivity contribution in [3.63, 3.8) is 0 Å². The number of benzene rings is 1. The summed E-state index contributed by atoms with van der Waals surface area (Å²) in [6.45, 7) is 4.88. The van der Waals surface area contributed by atoms with E-state index in [2.05, 4.69) is 10.2 Å². The minimum absolute atomic E-state index is 0.111. The molecule has 0 bridgehead atoms. The third-order valence-corrected chi connectivity index (χ3v) is 3.77. The Balaban J connectivity index is 1.75. The Hall–Kier alpha value is -1.66. The van der Waals surface area contributed by atoms with Gasteiger partial charge in [0.15, 0.2) is 17.2 Å². The van der Waals surface area contributed by atoms with E-state index in [-0.39, 0.29) is 17.5 Å².